The second-order valence-electron chi connectivity index (χ2n) is 13.8. The maximum Gasteiger partial charge on any atom is 0.348 e. The zero-order valence-corrected chi connectivity index (χ0v) is 27.6. The molecule has 0 saturated carbocycles. The van der Waals surface area contributed by atoms with Crippen LogP contribution in [0.25, 0.3) is 0 Å². The fourth-order valence-corrected chi connectivity index (χ4v) is 8.53. The van der Waals surface area contributed by atoms with Gasteiger partial charge in [0.1, 0.15) is 6.10 Å². The summed E-state index contributed by atoms with van der Waals surface area (Å²) in [6.07, 6.45) is 19.3. The Bertz CT molecular complexity index is 1120. The average molecular weight is 619 g/mol. The van der Waals surface area contributed by atoms with Crippen LogP contribution in [-0.2, 0) is 29.4 Å². The fourth-order valence-electron chi connectivity index (χ4n) is 8.53. The molecule has 1 spiro atoms. The topological polar surface area (TPSA) is 61.8 Å². The first kappa shape index (κ1) is 33.7. The number of rotatable bonds is 18. The van der Waals surface area contributed by atoms with Gasteiger partial charge in [-0.15, -0.1) is 0 Å². The number of carbonyl (C=O) groups excluding carboxylic acids is 2. The number of unbranched alkanes of at least 4 members (excludes halogenated alkanes) is 9. The van der Waals surface area contributed by atoms with Crippen LogP contribution in [0.15, 0.2) is 60.7 Å². The number of quaternary nitrogens is 1. The van der Waals surface area contributed by atoms with Crippen LogP contribution in [0.3, 0.4) is 0 Å². The first-order chi connectivity index (χ1) is 22.1. The zero-order chi connectivity index (χ0) is 31.4. The van der Waals surface area contributed by atoms with Gasteiger partial charge in [-0.3, -0.25) is 4.79 Å². The molecule has 3 fully saturated rings. The van der Waals surface area contributed by atoms with Gasteiger partial charge in [0.25, 0.3) is 0 Å². The first-order valence-corrected chi connectivity index (χ1v) is 18.1. The van der Waals surface area contributed by atoms with E-state index in [0.717, 1.165) is 32.1 Å². The lowest BCUT2D eigenvalue weighted by atomic mass is 9.85. The molecule has 2 atom stereocenters. The molecule has 3 saturated heterocycles. The van der Waals surface area contributed by atoms with Gasteiger partial charge >= 0.3 is 11.9 Å². The number of nitrogens with zero attached hydrogens (tertiary/aromatic N) is 1. The number of hydrogen-bond acceptors (Lipinski definition) is 5. The van der Waals surface area contributed by atoms with Crippen molar-refractivity contribution in [3.8, 4) is 0 Å². The van der Waals surface area contributed by atoms with Crippen molar-refractivity contribution in [1.29, 1.82) is 0 Å². The molecule has 0 aromatic heterocycles. The zero-order valence-electron chi connectivity index (χ0n) is 27.6. The summed E-state index contributed by atoms with van der Waals surface area (Å²) in [7, 11) is 0. The van der Waals surface area contributed by atoms with Crippen LogP contribution in [-0.4, -0.2) is 54.5 Å². The molecule has 0 radical (unpaired) electrons. The minimum atomic E-state index is -1.53. The number of esters is 2. The predicted octanol–water partition coefficient (Wildman–Crippen LogP) is 8.61. The summed E-state index contributed by atoms with van der Waals surface area (Å²) in [5.41, 5.74) is -0.182. The maximum absolute atomic E-state index is 14.4. The van der Waals surface area contributed by atoms with Gasteiger partial charge in [0.05, 0.1) is 25.2 Å². The molecular weight excluding hydrogens is 562 g/mol. The van der Waals surface area contributed by atoms with Gasteiger partial charge in [-0.2, -0.15) is 0 Å². The number of hydrogen-bond donors (Lipinski definition) is 0. The number of carbonyl (C=O) groups is 2. The highest BCUT2D eigenvalue weighted by Crippen LogP contribution is 2.47. The van der Waals surface area contributed by atoms with Crippen molar-refractivity contribution in [2.75, 3.05) is 19.9 Å². The lowest BCUT2D eigenvalue weighted by molar-refractivity contribution is -0.956. The van der Waals surface area contributed by atoms with Gasteiger partial charge in [0, 0.05) is 44.9 Å². The molecule has 246 valence electrons. The number of ether oxygens (including phenoxy) is 3. The standard InChI is InChI=1S/C39H56NO5/c1-2-3-4-5-6-7-8-9-10-17-24-37(41)43-31-44-39(32-20-13-11-14-21-32,33-22-15-12-16-23-33)38(42)45-36-29-34-25-26-35(30-36)40(34)27-18-19-28-40/h11-16,20-23,34-36H,2-10,17-19,24-31H2,1H3/q+1. The lowest BCUT2D eigenvalue weighted by Crippen LogP contribution is -2.60. The van der Waals surface area contributed by atoms with E-state index in [-0.39, 0.29) is 18.9 Å². The van der Waals surface area contributed by atoms with Gasteiger partial charge in [0.2, 0.25) is 5.60 Å². The normalized spacial score (nSPS) is 22.0. The van der Waals surface area contributed by atoms with Crippen LogP contribution in [0.2, 0.25) is 0 Å². The van der Waals surface area contributed by atoms with Crippen molar-refractivity contribution >= 4 is 11.9 Å². The van der Waals surface area contributed by atoms with E-state index in [1.54, 1.807) is 0 Å². The van der Waals surface area contributed by atoms with E-state index in [2.05, 4.69) is 6.92 Å². The van der Waals surface area contributed by atoms with Gasteiger partial charge in [-0.1, -0.05) is 125 Å². The van der Waals surface area contributed by atoms with Crippen molar-refractivity contribution in [2.24, 2.45) is 0 Å². The van der Waals surface area contributed by atoms with E-state index in [1.165, 1.54) is 88.2 Å². The van der Waals surface area contributed by atoms with Gasteiger partial charge in [-0.05, 0) is 17.5 Å². The smallest absolute Gasteiger partial charge is 0.348 e. The molecule has 3 aliphatic heterocycles. The van der Waals surface area contributed by atoms with E-state index in [1.807, 2.05) is 60.7 Å². The Morgan fingerprint density at radius 3 is 1.78 bits per heavy atom. The average Bonchev–Trinajstić information content (AvgIpc) is 3.61. The third kappa shape index (κ3) is 8.18. The Kier molecular flexibility index (Phi) is 12.5. The fraction of sp³-hybridized carbons (Fsp3) is 0.641. The van der Waals surface area contributed by atoms with E-state index in [9.17, 15) is 9.59 Å². The van der Waals surface area contributed by atoms with Crippen LogP contribution >= 0.6 is 0 Å². The molecular formula is C39H56NO5+. The van der Waals surface area contributed by atoms with Crippen molar-refractivity contribution < 1.29 is 28.3 Å². The first-order valence-electron chi connectivity index (χ1n) is 18.1. The summed E-state index contributed by atoms with van der Waals surface area (Å²) in [6, 6.07) is 20.2. The third-order valence-electron chi connectivity index (χ3n) is 10.9. The highest BCUT2D eigenvalue weighted by atomic mass is 16.7. The molecule has 0 amide bonds. The summed E-state index contributed by atoms with van der Waals surface area (Å²) in [5.74, 6) is -0.716. The highest BCUT2D eigenvalue weighted by molar-refractivity contribution is 5.86. The van der Waals surface area contributed by atoms with E-state index in [0.29, 0.717) is 29.6 Å². The number of benzene rings is 2. The van der Waals surface area contributed by atoms with E-state index >= 15 is 0 Å². The molecule has 0 aliphatic carbocycles. The Balaban J connectivity index is 1.19. The van der Waals surface area contributed by atoms with Crippen molar-refractivity contribution in [3.63, 3.8) is 0 Å². The summed E-state index contributed by atoms with van der Waals surface area (Å²) in [6.45, 7) is 4.49. The van der Waals surface area contributed by atoms with Crippen LogP contribution in [0, 0.1) is 0 Å². The lowest BCUT2D eigenvalue weighted by Gasteiger charge is -2.47. The Morgan fingerprint density at radius 1 is 0.733 bits per heavy atom. The number of piperidine rings is 1. The van der Waals surface area contributed by atoms with Crippen LogP contribution in [0.1, 0.15) is 127 Å². The largest absolute Gasteiger partial charge is 0.459 e. The van der Waals surface area contributed by atoms with Gasteiger partial charge in [-0.25, -0.2) is 4.79 Å². The molecule has 6 nitrogen and oxygen atoms in total. The molecule has 2 unspecified atom stereocenters. The summed E-state index contributed by atoms with van der Waals surface area (Å²) in [4.78, 5) is 27.1. The summed E-state index contributed by atoms with van der Waals surface area (Å²) in [5, 5.41) is 0. The molecule has 3 heterocycles. The highest BCUT2D eigenvalue weighted by Gasteiger charge is 2.57. The second kappa shape index (κ2) is 16.7. The van der Waals surface area contributed by atoms with Crippen LogP contribution in [0.5, 0.6) is 0 Å². The van der Waals surface area contributed by atoms with Crippen molar-refractivity contribution in [3.05, 3.63) is 71.8 Å². The quantitative estimate of drug-likeness (QED) is 0.0725. The molecule has 3 aliphatic rings. The van der Waals surface area contributed by atoms with Crippen molar-refractivity contribution in [1.82, 2.24) is 0 Å². The SMILES string of the molecule is CCCCCCCCCCCCC(=O)OCOC(C(=O)OC1CC2CCC(C1)[N+]21CCCC1)(c1ccccc1)c1ccccc1. The Hall–Kier alpha value is -2.70. The molecule has 2 bridgehead atoms. The predicted molar refractivity (Wildman–Crippen MR) is 177 cm³/mol. The molecule has 2 aromatic rings. The minimum absolute atomic E-state index is 0.131. The van der Waals surface area contributed by atoms with Crippen LogP contribution < -0.4 is 0 Å². The van der Waals surface area contributed by atoms with Gasteiger partial charge in [0.15, 0.2) is 6.79 Å². The van der Waals surface area contributed by atoms with Crippen molar-refractivity contribution in [2.45, 2.75) is 140 Å². The second-order valence-corrected chi connectivity index (χ2v) is 13.8. The summed E-state index contributed by atoms with van der Waals surface area (Å²) >= 11 is 0. The molecule has 6 heteroatoms. The maximum atomic E-state index is 14.4. The molecule has 2 aromatic carbocycles. The van der Waals surface area contributed by atoms with E-state index in [4.69, 9.17) is 14.2 Å². The Morgan fingerprint density at radius 2 is 1.24 bits per heavy atom. The third-order valence-corrected chi connectivity index (χ3v) is 10.9. The van der Waals surface area contributed by atoms with E-state index < -0.39 is 11.6 Å². The monoisotopic (exact) mass is 618 g/mol. The molecule has 5 rings (SSSR count). The van der Waals surface area contributed by atoms with Gasteiger partial charge < -0.3 is 18.7 Å². The molecule has 0 N–H and O–H groups in total. The molecule has 45 heavy (non-hydrogen) atoms. The minimum Gasteiger partial charge on any atom is -0.459 e. The Labute approximate surface area is 271 Å². The van der Waals surface area contributed by atoms with Crippen LogP contribution in [0.4, 0.5) is 0 Å². The summed E-state index contributed by atoms with van der Waals surface area (Å²) < 4.78 is 19.7.